The van der Waals surface area contributed by atoms with Gasteiger partial charge < -0.3 is 15.2 Å². The second-order valence-corrected chi connectivity index (χ2v) is 7.71. The molecule has 0 radical (unpaired) electrons. The average Bonchev–Trinajstić information content (AvgIpc) is 3.19. The number of fused-ring (bicyclic) bond motifs is 2. The number of aromatic nitrogens is 4. The number of nitrogens with zero attached hydrogens (tertiary/aromatic N) is 3. The zero-order chi connectivity index (χ0) is 18.3. The van der Waals surface area contributed by atoms with Crippen molar-refractivity contribution >= 4 is 27.6 Å². The van der Waals surface area contributed by atoms with E-state index >= 15 is 0 Å². The summed E-state index contributed by atoms with van der Waals surface area (Å²) in [5.74, 6) is 0.597. The lowest BCUT2D eigenvalue weighted by Crippen LogP contribution is -2.43. The monoisotopic (exact) mass is 372 g/mol. The normalized spacial score (nSPS) is 13.8. The molecule has 0 fully saturated rings. The third kappa shape index (κ3) is 2.98. The number of rotatable bonds is 3. The number of nitrogens with one attached hydrogen (secondary N) is 3. The van der Waals surface area contributed by atoms with Gasteiger partial charge in [-0.05, 0) is 19.4 Å². The fraction of sp³-hybridized carbons (Fsp3) is 0.412. The van der Waals surface area contributed by atoms with E-state index in [0.717, 1.165) is 32.9 Å². The van der Waals surface area contributed by atoms with Crippen LogP contribution < -0.4 is 10.9 Å². The van der Waals surface area contributed by atoms with Crippen molar-refractivity contribution in [3.8, 4) is 0 Å². The fourth-order valence-electron chi connectivity index (χ4n) is 3.21. The lowest BCUT2D eigenvalue weighted by molar-refractivity contribution is 0.192. The molecule has 136 valence electrons. The van der Waals surface area contributed by atoms with E-state index in [1.807, 2.05) is 13.8 Å². The number of aromatic amines is 2. The largest absolute Gasteiger partial charge is 0.338 e. The van der Waals surface area contributed by atoms with Crippen LogP contribution in [0.25, 0.3) is 10.2 Å². The molecule has 1 aliphatic rings. The first-order valence-corrected chi connectivity index (χ1v) is 9.37. The fourth-order valence-corrected chi connectivity index (χ4v) is 4.26. The Morgan fingerprint density at radius 1 is 1.42 bits per heavy atom. The van der Waals surface area contributed by atoms with Crippen molar-refractivity contribution in [2.24, 2.45) is 0 Å². The number of H-pyrrole nitrogens is 2. The first-order chi connectivity index (χ1) is 12.5. The topological polar surface area (TPSA) is 107 Å². The van der Waals surface area contributed by atoms with Gasteiger partial charge >= 0.3 is 6.03 Å². The summed E-state index contributed by atoms with van der Waals surface area (Å²) in [5.41, 5.74) is 3.04. The summed E-state index contributed by atoms with van der Waals surface area (Å²) in [6.07, 6.45) is 3.03. The highest BCUT2D eigenvalue weighted by molar-refractivity contribution is 7.18. The van der Waals surface area contributed by atoms with E-state index in [1.54, 1.807) is 11.1 Å². The van der Waals surface area contributed by atoms with E-state index in [1.165, 1.54) is 11.3 Å². The predicted molar refractivity (Wildman–Crippen MR) is 99.5 cm³/mol. The summed E-state index contributed by atoms with van der Waals surface area (Å²) in [6.45, 7) is 5.58. The lowest BCUT2D eigenvalue weighted by Gasteiger charge is -2.26. The maximum absolute atomic E-state index is 12.3. The summed E-state index contributed by atoms with van der Waals surface area (Å²) in [7, 11) is 0. The Kier molecular flexibility index (Phi) is 4.23. The van der Waals surface area contributed by atoms with Crippen LogP contribution in [0.5, 0.6) is 0 Å². The van der Waals surface area contributed by atoms with Gasteiger partial charge in [-0.2, -0.15) is 5.10 Å². The zero-order valence-corrected chi connectivity index (χ0v) is 15.5. The quantitative estimate of drug-likeness (QED) is 0.649. The minimum atomic E-state index is -0.110. The molecule has 0 aliphatic carbocycles. The van der Waals surface area contributed by atoms with E-state index in [-0.39, 0.29) is 11.6 Å². The molecule has 26 heavy (non-hydrogen) atoms. The van der Waals surface area contributed by atoms with Crippen LogP contribution in [0.15, 0.2) is 11.0 Å². The van der Waals surface area contributed by atoms with Gasteiger partial charge in [-0.3, -0.25) is 9.89 Å². The van der Waals surface area contributed by atoms with Crippen LogP contribution in [-0.2, 0) is 19.4 Å². The third-order valence-corrected chi connectivity index (χ3v) is 5.91. The molecule has 0 unspecified atom stereocenters. The minimum Gasteiger partial charge on any atom is -0.338 e. The van der Waals surface area contributed by atoms with Crippen LogP contribution in [0.3, 0.4) is 0 Å². The summed E-state index contributed by atoms with van der Waals surface area (Å²) in [4.78, 5) is 35.6. The summed E-state index contributed by atoms with van der Waals surface area (Å²) >= 11 is 1.53. The molecule has 4 heterocycles. The van der Waals surface area contributed by atoms with Crippen molar-refractivity contribution in [1.29, 1.82) is 0 Å². The molecule has 0 bridgehead atoms. The Bertz CT molecular complexity index is 1030. The van der Waals surface area contributed by atoms with Crippen molar-refractivity contribution in [3.05, 3.63) is 44.1 Å². The molecule has 0 aromatic carbocycles. The van der Waals surface area contributed by atoms with E-state index in [2.05, 4.69) is 25.5 Å². The van der Waals surface area contributed by atoms with Crippen molar-refractivity contribution in [2.45, 2.75) is 33.2 Å². The van der Waals surface area contributed by atoms with E-state index in [0.29, 0.717) is 37.3 Å². The lowest BCUT2D eigenvalue weighted by atomic mass is 10.1. The number of thiophene rings is 1. The van der Waals surface area contributed by atoms with Gasteiger partial charge in [0.2, 0.25) is 0 Å². The Balaban J connectivity index is 1.38. The highest BCUT2D eigenvalue weighted by atomic mass is 32.1. The molecule has 0 atom stereocenters. The first kappa shape index (κ1) is 16.8. The maximum Gasteiger partial charge on any atom is 0.317 e. The van der Waals surface area contributed by atoms with E-state index < -0.39 is 0 Å². The van der Waals surface area contributed by atoms with Gasteiger partial charge in [0.15, 0.2) is 0 Å². The number of aryl methyl sites for hydroxylation is 2. The predicted octanol–water partition coefficient (Wildman–Crippen LogP) is 1.63. The molecule has 0 spiro atoms. The van der Waals surface area contributed by atoms with Gasteiger partial charge in [-0.1, -0.05) is 0 Å². The number of carbonyl (C=O) groups is 1. The third-order valence-electron chi connectivity index (χ3n) is 4.81. The van der Waals surface area contributed by atoms with Crippen LogP contribution in [0.4, 0.5) is 4.79 Å². The maximum atomic E-state index is 12.3. The van der Waals surface area contributed by atoms with Crippen LogP contribution in [0.2, 0.25) is 0 Å². The summed E-state index contributed by atoms with van der Waals surface area (Å²) in [6, 6.07) is -0.108. The summed E-state index contributed by atoms with van der Waals surface area (Å²) in [5, 5.41) is 10.6. The van der Waals surface area contributed by atoms with Gasteiger partial charge in [0.25, 0.3) is 5.56 Å². The molecule has 0 saturated carbocycles. The molecule has 8 nitrogen and oxygen atoms in total. The zero-order valence-electron chi connectivity index (χ0n) is 14.7. The molecule has 2 amide bonds. The van der Waals surface area contributed by atoms with Crippen LogP contribution in [0, 0.1) is 13.8 Å². The van der Waals surface area contributed by atoms with Crippen LogP contribution in [-0.4, -0.2) is 44.2 Å². The SMILES string of the molecule is Cc1sc2nc(CCNC(=O)N3CCc4[nH]ncc4C3)[nH]c(=O)c2c1C. The number of carbonyl (C=O) groups excluding carboxylic acids is 1. The molecular weight excluding hydrogens is 352 g/mol. The standard InChI is InChI=1S/C17H20N6O2S/c1-9-10(2)26-16-14(9)15(24)20-13(21-16)3-5-18-17(25)23-6-4-12-11(8-23)7-19-22-12/h7H,3-6,8H2,1-2H3,(H,18,25)(H,19,22)(H,20,21,24). The number of urea groups is 1. The molecule has 3 N–H and O–H groups in total. The second-order valence-electron chi connectivity index (χ2n) is 6.50. The smallest absolute Gasteiger partial charge is 0.317 e. The van der Waals surface area contributed by atoms with Crippen LogP contribution in [0.1, 0.15) is 27.5 Å². The Labute approximate surface area is 153 Å². The molecule has 9 heteroatoms. The Morgan fingerprint density at radius 2 is 2.27 bits per heavy atom. The highest BCUT2D eigenvalue weighted by Gasteiger charge is 2.21. The summed E-state index contributed by atoms with van der Waals surface area (Å²) < 4.78 is 0. The highest BCUT2D eigenvalue weighted by Crippen LogP contribution is 2.25. The average molecular weight is 372 g/mol. The first-order valence-electron chi connectivity index (χ1n) is 8.55. The molecule has 3 aromatic rings. The van der Waals surface area contributed by atoms with E-state index in [9.17, 15) is 9.59 Å². The molecule has 1 aliphatic heterocycles. The van der Waals surface area contributed by atoms with Gasteiger partial charge in [0.05, 0.1) is 18.1 Å². The Morgan fingerprint density at radius 3 is 3.12 bits per heavy atom. The van der Waals surface area contributed by atoms with Gasteiger partial charge in [0, 0.05) is 42.1 Å². The number of hydrogen-bond donors (Lipinski definition) is 3. The minimum absolute atomic E-state index is 0.108. The van der Waals surface area contributed by atoms with Crippen molar-refractivity contribution in [3.63, 3.8) is 0 Å². The van der Waals surface area contributed by atoms with Crippen LogP contribution >= 0.6 is 11.3 Å². The number of hydrogen-bond acceptors (Lipinski definition) is 5. The molecule has 4 rings (SSSR count). The van der Waals surface area contributed by atoms with E-state index in [4.69, 9.17) is 0 Å². The Hall–Kier alpha value is -2.68. The van der Waals surface area contributed by atoms with Gasteiger partial charge in [-0.15, -0.1) is 11.3 Å². The molecule has 0 saturated heterocycles. The van der Waals surface area contributed by atoms with Gasteiger partial charge in [0.1, 0.15) is 10.7 Å². The second kappa shape index (κ2) is 6.56. The molecular formula is C17H20N6O2S. The van der Waals surface area contributed by atoms with Crippen molar-refractivity contribution in [1.82, 2.24) is 30.4 Å². The van der Waals surface area contributed by atoms with Crippen molar-refractivity contribution < 1.29 is 4.79 Å². The van der Waals surface area contributed by atoms with Gasteiger partial charge in [-0.25, -0.2) is 9.78 Å². The number of amides is 2. The molecule has 3 aromatic heterocycles. The van der Waals surface area contributed by atoms with Crippen molar-refractivity contribution in [2.75, 3.05) is 13.1 Å².